The predicted molar refractivity (Wildman–Crippen MR) is 83.8 cm³/mol. The average Bonchev–Trinajstić information content (AvgIpc) is 2.54. The molecule has 0 radical (unpaired) electrons. The Balaban J connectivity index is 1.68. The summed E-state index contributed by atoms with van der Waals surface area (Å²) in [4.78, 5) is 25.0. The Kier molecular flexibility index (Phi) is 6.48. The monoisotopic (exact) mass is 310 g/mol. The molecule has 2 N–H and O–H groups in total. The van der Waals surface area contributed by atoms with E-state index in [2.05, 4.69) is 15.8 Å². The van der Waals surface area contributed by atoms with E-state index in [1.807, 2.05) is 0 Å². The third kappa shape index (κ3) is 5.20. The number of amides is 3. The minimum atomic E-state index is -0.274. The van der Waals surface area contributed by atoms with Crippen LogP contribution >= 0.6 is 0 Å². The van der Waals surface area contributed by atoms with Crippen molar-refractivity contribution in [1.29, 1.82) is 0 Å². The molecule has 2 aliphatic rings. The van der Waals surface area contributed by atoms with Gasteiger partial charge in [-0.05, 0) is 19.8 Å². The second-order valence-corrected chi connectivity index (χ2v) is 5.78. The number of hydrazone groups is 1. The first kappa shape index (κ1) is 16.6. The van der Waals surface area contributed by atoms with Crippen LogP contribution in [0, 0.1) is 0 Å². The number of ether oxygens (including phenoxy) is 1. The van der Waals surface area contributed by atoms with Crippen molar-refractivity contribution >= 4 is 17.8 Å². The van der Waals surface area contributed by atoms with Gasteiger partial charge in [0.1, 0.15) is 0 Å². The Morgan fingerprint density at radius 2 is 1.91 bits per heavy atom. The summed E-state index contributed by atoms with van der Waals surface area (Å²) in [6, 6.07) is 0.0480. The number of carbonyl (C=O) groups excluding carboxylic acids is 2. The topological polar surface area (TPSA) is 83.0 Å². The van der Waals surface area contributed by atoms with Crippen LogP contribution in [-0.4, -0.2) is 48.5 Å². The molecule has 0 aromatic carbocycles. The van der Waals surface area contributed by atoms with Crippen LogP contribution in [0.3, 0.4) is 0 Å². The van der Waals surface area contributed by atoms with E-state index in [1.54, 1.807) is 11.8 Å². The molecular formula is C15H26N4O3. The van der Waals surface area contributed by atoms with Crippen molar-refractivity contribution in [3.05, 3.63) is 0 Å². The summed E-state index contributed by atoms with van der Waals surface area (Å²) in [7, 11) is 0. The van der Waals surface area contributed by atoms with Crippen molar-refractivity contribution in [3.63, 3.8) is 0 Å². The molecule has 0 atom stereocenters. The van der Waals surface area contributed by atoms with E-state index in [0.717, 1.165) is 18.6 Å². The molecule has 1 saturated heterocycles. The lowest BCUT2D eigenvalue weighted by molar-refractivity contribution is 0.107. The fourth-order valence-electron chi connectivity index (χ4n) is 2.87. The summed E-state index contributed by atoms with van der Waals surface area (Å²) >= 11 is 0. The molecule has 0 bridgehead atoms. The summed E-state index contributed by atoms with van der Waals surface area (Å²) in [5.41, 5.74) is 3.49. The molecule has 3 amide bonds. The van der Waals surface area contributed by atoms with Crippen molar-refractivity contribution in [2.24, 2.45) is 5.10 Å². The van der Waals surface area contributed by atoms with Gasteiger partial charge < -0.3 is 15.0 Å². The maximum Gasteiger partial charge on any atom is 0.409 e. The molecule has 124 valence electrons. The zero-order valence-corrected chi connectivity index (χ0v) is 13.3. The van der Waals surface area contributed by atoms with Crippen LogP contribution in [0.4, 0.5) is 9.59 Å². The molecule has 0 aromatic heterocycles. The fraction of sp³-hybridized carbons (Fsp3) is 0.800. The summed E-state index contributed by atoms with van der Waals surface area (Å²) in [5, 5.41) is 7.12. The normalized spacial score (nSPS) is 19.5. The maximum absolute atomic E-state index is 11.8. The SMILES string of the molecule is CCOC(=O)N1CCC(=NNC(=O)NC2CCCCC2)CC1. The van der Waals surface area contributed by atoms with Gasteiger partial charge in [0.05, 0.1) is 6.61 Å². The van der Waals surface area contributed by atoms with Gasteiger partial charge >= 0.3 is 12.1 Å². The molecular weight excluding hydrogens is 284 g/mol. The van der Waals surface area contributed by atoms with E-state index in [9.17, 15) is 9.59 Å². The van der Waals surface area contributed by atoms with Crippen molar-refractivity contribution in [2.75, 3.05) is 19.7 Å². The number of urea groups is 1. The molecule has 2 fully saturated rings. The Morgan fingerprint density at radius 3 is 2.55 bits per heavy atom. The smallest absolute Gasteiger partial charge is 0.409 e. The zero-order valence-electron chi connectivity index (χ0n) is 13.3. The van der Waals surface area contributed by atoms with E-state index in [1.165, 1.54) is 19.3 Å². The summed E-state index contributed by atoms with van der Waals surface area (Å²) < 4.78 is 4.97. The second-order valence-electron chi connectivity index (χ2n) is 5.78. The molecule has 7 nitrogen and oxygen atoms in total. The van der Waals surface area contributed by atoms with Crippen molar-refractivity contribution in [1.82, 2.24) is 15.6 Å². The van der Waals surface area contributed by atoms with Gasteiger partial charge in [0.25, 0.3) is 0 Å². The minimum Gasteiger partial charge on any atom is -0.450 e. The van der Waals surface area contributed by atoms with Crippen molar-refractivity contribution in [3.8, 4) is 0 Å². The maximum atomic E-state index is 11.8. The van der Waals surface area contributed by atoms with Crippen molar-refractivity contribution < 1.29 is 14.3 Å². The number of hydrogen-bond acceptors (Lipinski definition) is 4. The fourth-order valence-corrected chi connectivity index (χ4v) is 2.87. The van der Waals surface area contributed by atoms with Gasteiger partial charge in [0, 0.05) is 37.7 Å². The molecule has 22 heavy (non-hydrogen) atoms. The number of nitrogens with zero attached hydrogens (tertiary/aromatic N) is 2. The van der Waals surface area contributed by atoms with E-state index in [-0.39, 0.29) is 18.2 Å². The first-order valence-corrected chi connectivity index (χ1v) is 8.22. The molecule has 1 heterocycles. The molecule has 1 saturated carbocycles. The quantitative estimate of drug-likeness (QED) is 0.784. The molecule has 0 spiro atoms. The predicted octanol–water partition coefficient (Wildman–Crippen LogP) is 2.23. The van der Waals surface area contributed by atoms with Crippen LogP contribution in [-0.2, 0) is 4.74 Å². The Labute approximate surface area is 131 Å². The molecule has 0 aromatic rings. The van der Waals surface area contributed by atoms with Gasteiger partial charge in [-0.2, -0.15) is 5.10 Å². The highest BCUT2D eigenvalue weighted by Crippen LogP contribution is 2.17. The third-order valence-electron chi connectivity index (χ3n) is 4.12. The van der Waals surface area contributed by atoms with Gasteiger partial charge in [0.2, 0.25) is 0 Å². The Morgan fingerprint density at radius 1 is 1.23 bits per heavy atom. The largest absolute Gasteiger partial charge is 0.450 e. The van der Waals surface area contributed by atoms with Crippen LogP contribution in [0.5, 0.6) is 0 Å². The van der Waals surface area contributed by atoms with Crippen molar-refractivity contribution in [2.45, 2.75) is 57.9 Å². The molecule has 1 aliphatic carbocycles. The van der Waals surface area contributed by atoms with Gasteiger partial charge in [-0.3, -0.25) is 0 Å². The molecule has 1 aliphatic heterocycles. The number of rotatable bonds is 3. The summed E-state index contributed by atoms with van der Waals surface area (Å²) in [6.45, 7) is 3.36. The van der Waals surface area contributed by atoms with Crippen LogP contribution in [0.1, 0.15) is 51.9 Å². The minimum absolute atomic E-state index is 0.229. The highest BCUT2D eigenvalue weighted by Gasteiger charge is 2.21. The average molecular weight is 310 g/mol. The number of nitrogens with one attached hydrogen (secondary N) is 2. The third-order valence-corrected chi connectivity index (χ3v) is 4.12. The van der Waals surface area contributed by atoms with E-state index in [4.69, 9.17) is 4.74 Å². The molecule has 7 heteroatoms. The second kappa shape index (κ2) is 8.60. The zero-order chi connectivity index (χ0) is 15.8. The van der Waals surface area contributed by atoms with Gasteiger partial charge in [0.15, 0.2) is 0 Å². The highest BCUT2D eigenvalue weighted by molar-refractivity contribution is 5.88. The Hall–Kier alpha value is -1.79. The highest BCUT2D eigenvalue weighted by atomic mass is 16.6. The molecule has 2 rings (SSSR count). The summed E-state index contributed by atoms with van der Waals surface area (Å²) in [5.74, 6) is 0. The van der Waals surface area contributed by atoms with E-state index < -0.39 is 0 Å². The van der Waals surface area contributed by atoms with E-state index in [0.29, 0.717) is 32.5 Å². The number of likely N-dealkylation sites (tertiary alicyclic amines) is 1. The van der Waals surface area contributed by atoms with Crippen LogP contribution in [0.25, 0.3) is 0 Å². The standard InChI is InChI=1S/C15H26N4O3/c1-2-22-15(21)19-10-8-13(9-11-19)17-18-14(20)16-12-6-4-3-5-7-12/h12H,2-11H2,1H3,(H2,16,18,20). The Bertz CT molecular complexity index is 409. The number of hydrogen-bond donors (Lipinski definition) is 2. The lowest BCUT2D eigenvalue weighted by atomic mass is 9.96. The van der Waals surface area contributed by atoms with E-state index >= 15 is 0 Å². The lowest BCUT2D eigenvalue weighted by Gasteiger charge is -2.26. The summed E-state index contributed by atoms with van der Waals surface area (Å²) in [6.07, 6.45) is 6.80. The van der Waals surface area contributed by atoms with Gasteiger partial charge in [-0.1, -0.05) is 19.3 Å². The number of piperidine rings is 1. The van der Waals surface area contributed by atoms with Crippen LogP contribution < -0.4 is 10.7 Å². The lowest BCUT2D eigenvalue weighted by Crippen LogP contribution is -2.42. The van der Waals surface area contributed by atoms with Gasteiger partial charge in [-0.15, -0.1) is 0 Å². The van der Waals surface area contributed by atoms with Gasteiger partial charge in [-0.25, -0.2) is 15.0 Å². The first-order chi connectivity index (χ1) is 10.7. The van der Waals surface area contributed by atoms with Crippen LogP contribution in [0.2, 0.25) is 0 Å². The molecule has 0 unspecified atom stereocenters. The number of carbonyl (C=O) groups is 2. The van der Waals surface area contributed by atoms with Crippen LogP contribution in [0.15, 0.2) is 5.10 Å². The first-order valence-electron chi connectivity index (χ1n) is 8.22.